The van der Waals surface area contributed by atoms with E-state index < -0.39 is 11.6 Å². The van der Waals surface area contributed by atoms with Gasteiger partial charge in [0.05, 0.1) is 6.61 Å². The minimum Gasteiger partial charge on any atom is -0.494 e. The van der Waals surface area contributed by atoms with Gasteiger partial charge in [0.2, 0.25) is 5.90 Å². The fraction of sp³-hybridized carbons (Fsp3) is 0.310. The van der Waals surface area contributed by atoms with E-state index in [2.05, 4.69) is 21.2 Å². The Balaban J connectivity index is 1.57. The van der Waals surface area contributed by atoms with Crippen LogP contribution >= 0.6 is 15.9 Å². The quantitative estimate of drug-likeness (QED) is 0.324. The summed E-state index contributed by atoms with van der Waals surface area (Å²) < 4.78 is 26.2. The van der Waals surface area contributed by atoms with Crippen LogP contribution in [0.25, 0.3) is 0 Å². The van der Waals surface area contributed by atoms with Crippen LogP contribution in [-0.2, 0) is 22.4 Å². The number of carbonyl (C=O) groups excluding carboxylic acids is 1. The van der Waals surface area contributed by atoms with Crippen LogP contribution < -0.4 is 10.1 Å². The minimum atomic E-state index is -1.18. The number of nitrogens with zero attached hydrogens (tertiary/aromatic N) is 1. The number of aliphatic hydroxyl groups excluding tert-OH is 1. The van der Waals surface area contributed by atoms with Gasteiger partial charge in [-0.3, -0.25) is 4.79 Å². The Morgan fingerprint density at radius 1 is 1.16 bits per heavy atom. The third kappa shape index (κ3) is 6.56. The smallest absolute Gasteiger partial charge is 0.252 e. The Bertz CT molecular complexity index is 1250. The number of ether oxygens (including phenoxy) is 2. The molecule has 0 fully saturated rings. The van der Waals surface area contributed by atoms with Gasteiger partial charge < -0.3 is 19.9 Å². The van der Waals surface area contributed by atoms with Crippen LogP contribution in [0.5, 0.6) is 5.75 Å². The van der Waals surface area contributed by atoms with Crippen molar-refractivity contribution in [1.82, 2.24) is 5.32 Å². The second kappa shape index (κ2) is 12.3. The predicted molar refractivity (Wildman–Crippen MR) is 144 cm³/mol. The van der Waals surface area contributed by atoms with Crippen molar-refractivity contribution in [3.8, 4) is 5.75 Å². The zero-order chi connectivity index (χ0) is 26.3. The molecule has 1 aliphatic heterocycles. The molecule has 0 bridgehead atoms. The number of carbonyl (C=O) groups is 1. The number of nitrogens with one attached hydrogen (secondary N) is 1. The first-order valence-corrected chi connectivity index (χ1v) is 13.1. The van der Waals surface area contributed by atoms with Crippen molar-refractivity contribution in [2.75, 3.05) is 19.8 Å². The third-order valence-electron chi connectivity index (χ3n) is 6.33. The molecular weight excluding hydrogens is 539 g/mol. The maximum Gasteiger partial charge on any atom is 0.252 e. The van der Waals surface area contributed by atoms with Gasteiger partial charge in [-0.25, -0.2) is 9.38 Å². The van der Waals surface area contributed by atoms with Gasteiger partial charge in [-0.1, -0.05) is 46.3 Å². The van der Waals surface area contributed by atoms with Gasteiger partial charge in [0.15, 0.2) is 5.54 Å². The lowest BCUT2D eigenvalue weighted by Gasteiger charge is -2.28. The van der Waals surface area contributed by atoms with Crippen LogP contribution in [0.15, 0.2) is 82.3 Å². The number of rotatable bonds is 11. The number of aliphatic hydroxyl groups is 1. The lowest BCUT2D eigenvalue weighted by molar-refractivity contribution is -0.128. The van der Waals surface area contributed by atoms with Crippen molar-refractivity contribution >= 4 is 27.7 Å². The maximum atomic E-state index is 13.7. The topological polar surface area (TPSA) is 80.2 Å². The van der Waals surface area contributed by atoms with E-state index in [1.165, 1.54) is 12.1 Å². The molecule has 0 saturated heterocycles. The Morgan fingerprint density at radius 2 is 1.95 bits per heavy atom. The first-order chi connectivity index (χ1) is 17.9. The molecule has 2 N–H and O–H groups in total. The van der Waals surface area contributed by atoms with Gasteiger partial charge in [0.1, 0.15) is 17.7 Å². The molecule has 4 rings (SSSR count). The van der Waals surface area contributed by atoms with E-state index >= 15 is 0 Å². The van der Waals surface area contributed by atoms with E-state index in [-0.39, 0.29) is 18.3 Å². The molecule has 2 atom stereocenters. The third-order valence-corrected chi connectivity index (χ3v) is 7.11. The van der Waals surface area contributed by atoms with Gasteiger partial charge in [0.25, 0.3) is 5.91 Å². The number of hydrogen-bond donors (Lipinski definition) is 2. The molecule has 0 aromatic heterocycles. The summed E-state index contributed by atoms with van der Waals surface area (Å²) in [7, 11) is 0. The van der Waals surface area contributed by atoms with E-state index in [1.807, 2.05) is 61.5 Å². The van der Waals surface area contributed by atoms with Crippen molar-refractivity contribution in [2.24, 2.45) is 4.99 Å². The van der Waals surface area contributed by atoms with E-state index in [0.29, 0.717) is 44.1 Å². The van der Waals surface area contributed by atoms with Crippen molar-refractivity contribution in [1.29, 1.82) is 0 Å². The van der Waals surface area contributed by atoms with Gasteiger partial charge in [-0.15, -0.1) is 0 Å². The van der Waals surface area contributed by atoms with Crippen molar-refractivity contribution in [3.05, 3.63) is 99.8 Å². The first-order valence-electron chi connectivity index (χ1n) is 12.3. The molecule has 6 nitrogen and oxygen atoms in total. The fourth-order valence-electron chi connectivity index (χ4n) is 4.24. The zero-order valence-electron chi connectivity index (χ0n) is 20.6. The van der Waals surface area contributed by atoms with Gasteiger partial charge in [0, 0.05) is 36.0 Å². The summed E-state index contributed by atoms with van der Waals surface area (Å²) in [5.41, 5.74) is 1.30. The van der Waals surface area contributed by atoms with E-state index in [9.17, 15) is 9.18 Å². The molecule has 1 amide bonds. The normalized spacial score (nSPS) is 18.7. The van der Waals surface area contributed by atoms with Gasteiger partial charge >= 0.3 is 0 Å². The van der Waals surface area contributed by atoms with Crippen LogP contribution in [0.3, 0.4) is 0 Å². The summed E-state index contributed by atoms with van der Waals surface area (Å²) in [6, 6.07) is 21.4. The number of benzene rings is 3. The Labute approximate surface area is 224 Å². The molecule has 1 aliphatic rings. The molecule has 0 aliphatic carbocycles. The highest BCUT2D eigenvalue weighted by atomic mass is 79.9. The molecule has 8 heteroatoms. The summed E-state index contributed by atoms with van der Waals surface area (Å²) in [5.74, 6) is 0.525. The first kappa shape index (κ1) is 26.8. The highest BCUT2D eigenvalue weighted by molar-refractivity contribution is 9.10. The number of amides is 1. The molecule has 3 aromatic rings. The molecule has 0 unspecified atom stereocenters. The average Bonchev–Trinajstić information content (AvgIpc) is 3.23. The monoisotopic (exact) mass is 568 g/mol. The van der Waals surface area contributed by atoms with Crippen LogP contribution in [-0.4, -0.2) is 48.3 Å². The Kier molecular flexibility index (Phi) is 8.95. The standard InChI is InChI=1S/C29H30BrFN2O4/c1-20-29(19-23-7-2-3-9-26(23)30,28(35)32-15-14-21-6-4-8-24(31)18-21)33-27(37-20)22-10-12-25(13-11-22)36-17-5-16-34/h2-4,6-13,18,20,34H,5,14-17,19H2,1H3,(H,32,35)/t20-,29-/m1/s1. The predicted octanol–water partition coefficient (Wildman–Crippen LogP) is 4.86. The lowest BCUT2D eigenvalue weighted by atomic mass is 9.86. The number of hydrogen-bond acceptors (Lipinski definition) is 5. The van der Waals surface area contributed by atoms with Crippen molar-refractivity contribution < 1.29 is 23.8 Å². The molecule has 3 aromatic carbocycles. The minimum absolute atomic E-state index is 0.0739. The van der Waals surface area contributed by atoms with Gasteiger partial charge in [-0.2, -0.15) is 0 Å². The summed E-state index contributed by atoms with van der Waals surface area (Å²) in [4.78, 5) is 18.6. The molecule has 0 radical (unpaired) electrons. The van der Waals surface area contributed by atoms with Crippen LogP contribution in [0, 0.1) is 5.82 Å². The summed E-state index contributed by atoms with van der Waals surface area (Å²) in [5, 5.41) is 11.9. The van der Waals surface area contributed by atoms with Crippen molar-refractivity contribution in [2.45, 2.75) is 37.8 Å². The Hall–Kier alpha value is -3.23. The molecule has 1 heterocycles. The summed E-state index contributed by atoms with van der Waals surface area (Å²) in [6.45, 7) is 2.70. The molecule has 0 spiro atoms. The average molecular weight is 569 g/mol. The maximum absolute atomic E-state index is 13.7. The van der Waals surface area contributed by atoms with Gasteiger partial charge in [-0.05, 0) is 66.9 Å². The van der Waals surface area contributed by atoms with Crippen LogP contribution in [0.2, 0.25) is 0 Å². The number of aliphatic imine (C=N–C) groups is 1. The summed E-state index contributed by atoms with van der Waals surface area (Å²) in [6.07, 6.45) is 0.871. The highest BCUT2D eigenvalue weighted by Gasteiger charge is 2.50. The van der Waals surface area contributed by atoms with Crippen LogP contribution in [0.1, 0.15) is 30.0 Å². The van der Waals surface area contributed by atoms with Crippen LogP contribution in [0.4, 0.5) is 4.39 Å². The van der Waals surface area contributed by atoms with E-state index in [0.717, 1.165) is 21.2 Å². The SMILES string of the molecule is C[C@H]1OC(c2ccc(OCCCO)cc2)=N[C@@]1(Cc1ccccc1Br)C(=O)NCCc1cccc(F)c1. The van der Waals surface area contributed by atoms with E-state index in [1.54, 1.807) is 6.07 Å². The summed E-state index contributed by atoms with van der Waals surface area (Å²) >= 11 is 3.59. The molecule has 194 valence electrons. The lowest BCUT2D eigenvalue weighted by Crippen LogP contribution is -2.53. The second-order valence-electron chi connectivity index (χ2n) is 8.96. The van der Waals surface area contributed by atoms with Crippen molar-refractivity contribution in [3.63, 3.8) is 0 Å². The Morgan fingerprint density at radius 3 is 2.68 bits per heavy atom. The molecular formula is C29H30BrFN2O4. The number of halogens is 2. The largest absolute Gasteiger partial charge is 0.494 e. The second-order valence-corrected chi connectivity index (χ2v) is 9.81. The molecule has 0 saturated carbocycles. The fourth-order valence-corrected chi connectivity index (χ4v) is 4.67. The molecule has 37 heavy (non-hydrogen) atoms. The highest BCUT2D eigenvalue weighted by Crippen LogP contribution is 2.34. The van der Waals surface area contributed by atoms with E-state index in [4.69, 9.17) is 19.6 Å². The zero-order valence-corrected chi connectivity index (χ0v) is 22.2.